The van der Waals surface area contributed by atoms with Gasteiger partial charge in [0.05, 0.1) is 25.3 Å². The average molecular weight is 508 g/mol. The molecule has 3 heterocycles. The Labute approximate surface area is 202 Å². The highest BCUT2D eigenvalue weighted by atomic mass is 19.4. The summed E-state index contributed by atoms with van der Waals surface area (Å²) in [5.74, 6) is -4.03. The number of ether oxygens (including phenoxy) is 1. The van der Waals surface area contributed by atoms with Crippen molar-refractivity contribution in [3.8, 4) is 0 Å². The van der Waals surface area contributed by atoms with E-state index in [1.807, 2.05) is 13.1 Å². The van der Waals surface area contributed by atoms with Gasteiger partial charge in [0.1, 0.15) is 18.8 Å². The molecular formula is C24H21F5N4O3. The molecule has 7 nitrogen and oxygen atoms in total. The molecule has 3 aromatic rings. The molecule has 1 N–H and O–H groups in total. The van der Waals surface area contributed by atoms with Crippen molar-refractivity contribution in [1.82, 2.24) is 14.8 Å². The van der Waals surface area contributed by atoms with E-state index in [-0.39, 0.29) is 5.56 Å². The molecule has 0 atom stereocenters. The van der Waals surface area contributed by atoms with E-state index >= 15 is 0 Å². The van der Waals surface area contributed by atoms with E-state index in [4.69, 9.17) is 9.84 Å². The van der Waals surface area contributed by atoms with Crippen LogP contribution in [0.5, 0.6) is 0 Å². The maximum Gasteiger partial charge on any atom is 0.416 e. The Hall–Kier alpha value is -3.38. The molecule has 0 saturated carbocycles. The number of hydrogen-bond acceptors (Lipinski definition) is 5. The number of aromatic nitrogens is 3. The number of carbonyl (C=O) groups excluding carboxylic acids is 1. The molecule has 1 aromatic heterocycles. The molecule has 36 heavy (non-hydrogen) atoms. The molecule has 1 fully saturated rings. The number of amides is 1. The van der Waals surface area contributed by atoms with Gasteiger partial charge in [-0.1, -0.05) is 12.1 Å². The van der Waals surface area contributed by atoms with Crippen molar-refractivity contribution in [2.75, 3.05) is 24.7 Å². The number of aryl methyl sites for hydroxylation is 1. The predicted molar refractivity (Wildman–Crippen MR) is 117 cm³/mol. The Balaban J connectivity index is 1.52. The number of carbonyl (C=O) groups is 1. The van der Waals surface area contributed by atoms with Crippen molar-refractivity contribution in [3.63, 3.8) is 0 Å². The molecule has 0 aliphatic carbocycles. The molecule has 2 aliphatic heterocycles. The van der Waals surface area contributed by atoms with Crippen molar-refractivity contribution in [3.05, 3.63) is 76.4 Å². The number of aliphatic hydroxyl groups excluding tert-OH is 1. The van der Waals surface area contributed by atoms with Crippen LogP contribution in [0.3, 0.4) is 0 Å². The van der Waals surface area contributed by atoms with E-state index < -0.39 is 53.3 Å². The van der Waals surface area contributed by atoms with Crippen LogP contribution in [0.2, 0.25) is 0 Å². The molecule has 1 saturated heterocycles. The standard InChI is InChI=1S/C24H21F5N4O3/c1-32-13-30-31-20(32)8-22(11-36-12-22)14-3-2-4-16(5-14)33-9-18-17(21(33)35)6-15(23(25,26)10-34)7-19(18)24(27,28)29/h2-7,13,34H,8-12H2,1H3. The van der Waals surface area contributed by atoms with Crippen LogP contribution in [0.25, 0.3) is 0 Å². The summed E-state index contributed by atoms with van der Waals surface area (Å²) in [5, 5.41) is 17.0. The van der Waals surface area contributed by atoms with Crippen LogP contribution in [0.15, 0.2) is 42.7 Å². The predicted octanol–water partition coefficient (Wildman–Crippen LogP) is 3.59. The number of halogens is 5. The number of aliphatic hydroxyl groups is 1. The number of fused-ring (bicyclic) bond motifs is 1. The third-order valence-corrected chi connectivity index (χ3v) is 6.80. The molecule has 5 rings (SSSR count). The second-order valence-electron chi connectivity index (χ2n) is 9.16. The van der Waals surface area contributed by atoms with Crippen molar-refractivity contribution in [2.45, 2.75) is 30.5 Å². The fourth-order valence-corrected chi connectivity index (χ4v) is 4.67. The monoisotopic (exact) mass is 508 g/mol. The molecule has 1 amide bonds. The smallest absolute Gasteiger partial charge is 0.390 e. The first kappa shape index (κ1) is 24.3. The lowest BCUT2D eigenvalue weighted by Crippen LogP contribution is -2.49. The van der Waals surface area contributed by atoms with Crippen LogP contribution >= 0.6 is 0 Å². The summed E-state index contributed by atoms with van der Waals surface area (Å²) in [6.07, 6.45) is -2.89. The van der Waals surface area contributed by atoms with E-state index in [1.165, 1.54) is 0 Å². The van der Waals surface area contributed by atoms with Crippen LogP contribution in [0.1, 0.15) is 38.4 Å². The summed E-state index contributed by atoms with van der Waals surface area (Å²) >= 11 is 0. The molecule has 12 heteroatoms. The van der Waals surface area contributed by atoms with Gasteiger partial charge in [0.2, 0.25) is 0 Å². The average Bonchev–Trinajstić information content (AvgIpc) is 3.37. The molecule has 190 valence electrons. The second kappa shape index (κ2) is 8.34. The Morgan fingerprint density at radius 1 is 1.14 bits per heavy atom. The van der Waals surface area contributed by atoms with Gasteiger partial charge in [-0.05, 0) is 35.4 Å². The van der Waals surface area contributed by atoms with Gasteiger partial charge >= 0.3 is 6.18 Å². The summed E-state index contributed by atoms with van der Waals surface area (Å²) in [5.41, 5.74) is -2.53. The zero-order chi connectivity index (χ0) is 25.9. The zero-order valence-corrected chi connectivity index (χ0v) is 19.0. The molecule has 2 aliphatic rings. The number of alkyl halides is 5. The highest BCUT2D eigenvalue weighted by molar-refractivity contribution is 6.10. The van der Waals surface area contributed by atoms with Crippen molar-refractivity contribution in [1.29, 1.82) is 0 Å². The van der Waals surface area contributed by atoms with E-state index in [0.29, 0.717) is 31.4 Å². The minimum absolute atomic E-state index is 0.309. The van der Waals surface area contributed by atoms with E-state index in [0.717, 1.165) is 22.4 Å². The molecule has 0 bridgehead atoms. The molecule has 0 spiro atoms. The second-order valence-corrected chi connectivity index (χ2v) is 9.16. The summed E-state index contributed by atoms with van der Waals surface area (Å²) in [6, 6.07) is 7.87. The minimum Gasteiger partial charge on any atom is -0.390 e. The summed E-state index contributed by atoms with van der Waals surface area (Å²) in [7, 11) is 1.81. The van der Waals surface area contributed by atoms with Gasteiger partial charge < -0.3 is 19.3 Å². The van der Waals surface area contributed by atoms with Gasteiger partial charge in [0.15, 0.2) is 0 Å². The maximum atomic E-state index is 14.1. The minimum atomic E-state index is -4.97. The zero-order valence-electron chi connectivity index (χ0n) is 19.0. The van der Waals surface area contributed by atoms with Crippen LogP contribution in [0.4, 0.5) is 27.6 Å². The van der Waals surface area contributed by atoms with Gasteiger partial charge in [0.25, 0.3) is 11.8 Å². The summed E-state index contributed by atoms with van der Waals surface area (Å²) < 4.78 is 76.9. The van der Waals surface area contributed by atoms with Gasteiger partial charge in [-0.3, -0.25) is 4.79 Å². The number of nitrogens with zero attached hydrogens (tertiary/aromatic N) is 4. The summed E-state index contributed by atoms with van der Waals surface area (Å²) in [6.45, 7) is -1.34. The maximum absolute atomic E-state index is 14.1. The third kappa shape index (κ3) is 3.94. The highest BCUT2D eigenvalue weighted by Gasteiger charge is 2.45. The number of hydrogen-bond donors (Lipinski definition) is 1. The lowest BCUT2D eigenvalue weighted by atomic mass is 9.75. The highest BCUT2D eigenvalue weighted by Crippen LogP contribution is 2.43. The number of anilines is 1. The molecule has 2 aromatic carbocycles. The van der Waals surface area contributed by atoms with Crippen molar-refractivity contribution >= 4 is 11.6 Å². The Morgan fingerprint density at radius 2 is 1.89 bits per heavy atom. The van der Waals surface area contributed by atoms with E-state index in [1.54, 1.807) is 29.1 Å². The SMILES string of the molecule is Cn1cnnc1CC1(c2cccc(N3Cc4c(cc(C(F)(F)CO)cc4C(F)(F)F)C3=O)c2)COC1. The summed E-state index contributed by atoms with van der Waals surface area (Å²) in [4.78, 5) is 14.3. The number of benzene rings is 2. The molecule has 0 radical (unpaired) electrons. The van der Waals surface area contributed by atoms with Crippen molar-refractivity contribution < 1.29 is 36.6 Å². The molecule has 0 unspecified atom stereocenters. The van der Waals surface area contributed by atoms with Crippen LogP contribution in [-0.2, 0) is 42.3 Å². The molecular weight excluding hydrogens is 487 g/mol. The van der Waals surface area contributed by atoms with Crippen LogP contribution in [0, 0.1) is 0 Å². The normalized spacial score (nSPS) is 17.3. The van der Waals surface area contributed by atoms with Gasteiger partial charge in [-0.25, -0.2) is 0 Å². The first-order chi connectivity index (χ1) is 16.9. The Bertz CT molecular complexity index is 1330. The van der Waals surface area contributed by atoms with E-state index in [9.17, 15) is 26.7 Å². The fraction of sp³-hybridized carbons (Fsp3) is 0.375. The fourth-order valence-electron chi connectivity index (χ4n) is 4.67. The first-order valence-electron chi connectivity index (χ1n) is 11.0. The van der Waals surface area contributed by atoms with Gasteiger partial charge in [0, 0.05) is 35.7 Å². The lowest BCUT2D eigenvalue weighted by Gasteiger charge is -2.42. The van der Waals surface area contributed by atoms with E-state index in [2.05, 4.69) is 10.2 Å². The van der Waals surface area contributed by atoms with Gasteiger partial charge in [-0.15, -0.1) is 10.2 Å². The topological polar surface area (TPSA) is 80.5 Å². The largest absolute Gasteiger partial charge is 0.416 e. The van der Waals surface area contributed by atoms with Crippen LogP contribution < -0.4 is 4.90 Å². The quantitative estimate of drug-likeness (QED) is 0.515. The van der Waals surface area contributed by atoms with Crippen LogP contribution in [-0.4, -0.2) is 45.6 Å². The number of rotatable bonds is 6. The lowest BCUT2D eigenvalue weighted by molar-refractivity contribution is -0.138. The first-order valence-corrected chi connectivity index (χ1v) is 11.0. The third-order valence-electron chi connectivity index (χ3n) is 6.80. The Kier molecular flexibility index (Phi) is 5.63. The Morgan fingerprint density at radius 3 is 2.47 bits per heavy atom. The van der Waals surface area contributed by atoms with Gasteiger partial charge in [-0.2, -0.15) is 22.0 Å². The van der Waals surface area contributed by atoms with Crippen molar-refractivity contribution in [2.24, 2.45) is 7.05 Å².